The van der Waals surface area contributed by atoms with E-state index in [4.69, 9.17) is 4.74 Å². The van der Waals surface area contributed by atoms with Crippen LogP contribution < -0.4 is 4.74 Å². The number of hydrogen-bond acceptors (Lipinski definition) is 4. The molecule has 1 heterocycles. The van der Waals surface area contributed by atoms with Gasteiger partial charge in [-0.25, -0.2) is 0 Å². The SMILES string of the molecule is COc1cc2c(cc1S(=O)(=O)O)CCN(CC(F)(F)F)CC2. The van der Waals surface area contributed by atoms with Crippen LogP contribution in [0.1, 0.15) is 11.1 Å². The van der Waals surface area contributed by atoms with Crippen LogP contribution in [0.5, 0.6) is 5.75 Å². The highest BCUT2D eigenvalue weighted by Crippen LogP contribution is 2.30. The van der Waals surface area contributed by atoms with E-state index in [1.54, 1.807) is 0 Å². The highest BCUT2D eigenvalue weighted by molar-refractivity contribution is 7.86. The lowest BCUT2D eigenvalue weighted by molar-refractivity contribution is -0.145. The molecule has 22 heavy (non-hydrogen) atoms. The minimum atomic E-state index is -4.45. The maximum absolute atomic E-state index is 12.5. The van der Waals surface area contributed by atoms with Gasteiger partial charge in [-0.2, -0.15) is 21.6 Å². The molecule has 1 aliphatic heterocycles. The normalized spacial score (nSPS) is 17.0. The van der Waals surface area contributed by atoms with Gasteiger partial charge in [0, 0.05) is 13.1 Å². The molecule has 1 aromatic carbocycles. The second-order valence-corrected chi connectivity index (χ2v) is 6.53. The summed E-state index contributed by atoms with van der Waals surface area (Å²) in [4.78, 5) is 0.914. The van der Waals surface area contributed by atoms with Gasteiger partial charge in [0.15, 0.2) is 0 Å². The molecule has 1 aromatic rings. The van der Waals surface area contributed by atoms with Crippen molar-refractivity contribution in [3.63, 3.8) is 0 Å². The average molecular weight is 339 g/mol. The topological polar surface area (TPSA) is 66.8 Å². The quantitative estimate of drug-likeness (QED) is 0.852. The number of hydrogen-bond donors (Lipinski definition) is 1. The molecule has 1 N–H and O–H groups in total. The van der Waals surface area contributed by atoms with Crippen LogP contribution in [0.25, 0.3) is 0 Å². The molecular formula is C13H16F3NO4S. The van der Waals surface area contributed by atoms with Gasteiger partial charge in [-0.1, -0.05) is 0 Å². The van der Waals surface area contributed by atoms with Crippen LogP contribution in [0, 0.1) is 0 Å². The summed E-state index contributed by atoms with van der Waals surface area (Å²) in [6.07, 6.45) is -3.64. The van der Waals surface area contributed by atoms with Gasteiger partial charge in [0.2, 0.25) is 0 Å². The molecule has 5 nitrogen and oxygen atoms in total. The first-order chi connectivity index (χ1) is 10.1. The molecule has 0 unspecified atom stereocenters. The maximum atomic E-state index is 12.5. The van der Waals surface area contributed by atoms with Gasteiger partial charge >= 0.3 is 6.18 Å². The highest BCUT2D eigenvalue weighted by atomic mass is 32.2. The van der Waals surface area contributed by atoms with E-state index in [-0.39, 0.29) is 30.2 Å². The fourth-order valence-electron chi connectivity index (χ4n) is 2.55. The Kier molecular flexibility index (Phi) is 4.69. The molecule has 0 saturated heterocycles. The van der Waals surface area contributed by atoms with Crippen LogP contribution in [-0.4, -0.2) is 50.8 Å². The molecule has 0 aliphatic carbocycles. The number of benzene rings is 1. The zero-order valence-corrected chi connectivity index (χ0v) is 12.7. The Morgan fingerprint density at radius 1 is 1.23 bits per heavy atom. The van der Waals surface area contributed by atoms with Crippen LogP contribution in [0.3, 0.4) is 0 Å². The molecule has 0 fully saturated rings. The standard InChI is InChI=1S/C13H16F3NO4S/c1-21-11-6-9-2-4-17(8-13(14,15)16)5-3-10(9)7-12(11)22(18,19)20/h6-7H,2-5,8H2,1H3,(H,18,19,20). The third kappa shape index (κ3) is 4.11. The van der Waals surface area contributed by atoms with Gasteiger partial charge in [0.1, 0.15) is 10.6 Å². The van der Waals surface area contributed by atoms with Crippen LogP contribution in [0.2, 0.25) is 0 Å². The zero-order chi connectivity index (χ0) is 16.5. The number of ether oxygens (including phenoxy) is 1. The van der Waals surface area contributed by atoms with Crippen LogP contribution in [-0.2, 0) is 23.0 Å². The molecule has 0 spiro atoms. The van der Waals surface area contributed by atoms with Crippen molar-refractivity contribution in [1.29, 1.82) is 0 Å². The van der Waals surface area contributed by atoms with Crippen molar-refractivity contribution in [3.05, 3.63) is 23.3 Å². The van der Waals surface area contributed by atoms with Crippen molar-refractivity contribution in [1.82, 2.24) is 4.90 Å². The summed E-state index contributed by atoms with van der Waals surface area (Å²) in [5.41, 5.74) is 1.34. The van der Waals surface area contributed by atoms with Gasteiger partial charge < -0.3 is 4.74 Å². The zero-order valence-electron chi connectivity index (χ0n) is 11.9. The Labute approximate surface area is 126 Å². The molecule has 0 aromatic heterocycles. The Balaban J connectivity index is 2.30. The third-order valence-corrected chi connectivity index (χ3v) is 4.44. The van der Waals surface area contributed by atoms with E-state index in [1.165, 1.54) is 24.1 Å². The highest BCUT2D eigenvalue weighted by Gasteiger charge is 2.31. The fraction of sp³-hybridized carbons (Fsp3) is 0.538. The molecule has 1 aliphatic rings. The number of nitrogens with zero attached hydrogens (tertiary/aromatic N) is 1. The van der Waals surface area contributed by atoms with E-state index in [9.17, 15) is 26.1 Å². The average Bonchev–Trinajstić information content (AvgIpc) is 2.57. The van der Waals surface area contributed by atoms with Crippen molar-refractivity contribution in [2.24, 2.45) is 0 Å². The minimum Gasteiger partial charge on any atom is -0.495 e. The van der Waals surface area contributed by atoms with Crippen LogP contribution in [0.4, 0.5) is 13.2 Å². The smallest absolute Gasteiger partial charge is 0.401 e. The molecule has 0 bridgehead atoms. The maximum Gasteiger partial charge on any atom is 0.401 e. The summed E-state index contributed by atoms with van der Waals surface area (Å²) in [7, 11) is -3.18. The first-order valence-corrected chi connectivity index (χ1v) is 8.00. The molecular weight excluding hydrogens is 323 g/mol. The Morgan fingerprint density at radius 2 is 1.77 bits per heavy atom. The predicted molar refractivity (Wildman–Crippen MR) is 72.7 cm³/mol. The first kappa shape index (κ1) is 17.0. The lowest BCUT2D eigenvalue weighted by Gasteiger charge is -2.20. The molecule has 0 amide bonds. The minimum absolute atomic E-state index is 0.00878. The lowest BCUT2D eigenvalue weighted by atomic mass is 10.0. The van der Waals surface area contributed by atoms with Crippen molar-refractivity contribution < 1.29 is 30.9 Å². The van der Waals surface area contributed by atoms with E-state index >= 15 is 0 Å². The summed E-state index contributed by atoms with van der Waals surface area (Å²) in [5, 5.41) is 0. The lowest BCUT2D eigenvalue weighted by Crippen LogP contribution is -2.35. The van der Waals surface area contributed by atoms with Crippen LogP contribution >= 0.6 is 0 Å². The molecule has 9 heteroatoms. The van der Waals surface area contributed by atoms with E-state index in [0.29, 0.717) is 12.0 Å². The fourth-order valence-corrected chi connectivity index (χ4v) is 3.24. The number of halogens is 3. The van der Waals surface area contributed by atoms with E-state index in [2.05, 4.69) is 0 Å². The summed E-state index contributed by atoms with van der Waals surface area (Å²) in [5.74, 6) is -0.00878. The largest absolute Gasteiger partial charge is 0.495 e. The summed E-state index contributed by atoms with van der Waals surface area (Å²) < 4.78 is 74.3. The molecule has 0 radical (unpaired) electrons. The number of alkyl halides is 3. The predicted octanol–water partition coefficient (Wildman–Crippen LogP) is 1.90. The second kappa shape index (κ2) is 6.05. The molecule has 0 atom stereocenters. The number of rotatable bonds is 3. The van der Waals surface area contributed by atoms with Crippen molar-refractivity contribution in [2.45, 2.75) is 23.9 Å². The third-order valence-electron chi connectivity index (χ3n) is 3.56. The molecule has 2 rings (SSSR count). The monoisotopic (exact) mass is 339 g/mol. The molecule has 0 saturated carbocycles. The van der Waals surface area contributed by atoms with E-state index in [0.717, 1.165) is 5.56 Å². The van der Waals surface area contributed by atoms with Gasteiger partial charge in [0.25, 0.3) is 10.1 Å². The van der Waals surface area contributed by atoms with Gasteiger partial charge in [-0.05, 0) is 36.1 Å². The summed E-state index contributed by atoms with van der Waals surface area (Å²) >= 11 is 0. The number of methoxy groups -OCH3 is 1. The van der Waals surface area contributed by atoms with Crippen molar-refractivity contribution in [3.8, 4) is 5.75 Å². The summed E-state index contributed by atoms with van der Waals surface area (Å²) in [6, 6.07) is 2.75. The molecule has 124 valence electrons. The number of fused-ring (bicyclic) bond motifs is 1. The van der Waals surface area contributed by atoms with Crippen LogP contribution in [0.15, 0.2) is 17.0 Å². The van der Waals surface area contributed by atoms with Crippen molar-refractivity contribution in [2.75, 3.05) is 26.7 Å². The van der Waals surface area contributed by atoms with E-state index in [1.807, 2.05) is 0 Å². The summed E-state index contributed by atoms with van der Waals surface area (Å²) in [6.45, 7) is -0.603. The van der Waals surface area contributed by atoms with Gasteiger partial charge in [0.05, 0.1) is 13.7 Å². The Hall–Kier alpha value is -1.32. The second-order valence-electron chi connectivity index (χ2n) is 5.14. The van der Waals surface area contributed by atoms with Gasteiger partial charge in [-0.15, -0.1) is 0 Å². The van der Waals surface area contributed by atoms with Crippen molar-refractivity contribution >= 4 is 10.1 Å². The Morgan fingerprint density at radius 3 is 2.23 bits per heavy atom. The van der Waals surface area contributed by atoms with E-state index < -0.39 is 22.8 Å². The first-order valence-electron chi connectivity index (χ1n) is 6.56. The van der Waals surface area contributed by atoms with Gasteiger partial charge in [-0.3, -0.25) is 9.45 Å². The Bertz CT molecular complexity index is 658.